The van der Waals surface area contributed by atoms with Crippen LogP contribution in [-0.2, 0) is 0 Å². The van der Waals surface area contributed by atoms with Crippen molar-refractivity contribution in [3.63, 3.8) is 0 Å². The number of aromatic nitrogens is 1. The Hall–Kier alpha value is -1.45. The lowest BCUT2D eigenvalue weighted by Crippen LogP contribution is -2.36. The van der Waals surface area contributed by atoms with Crippen LogP contribution in [0, 0.1) is 11.9 Å². The molecule has 3 nitrogen and oxygen atoms in total. The number of pyridine rings is 1. The van der Waals surface area contributed by atoms with Crippen molar-refractivity contribution in [3.05, 3.63) is 29.8 Å². The largest absolute Gasteiger partial charge is 0.349 e. The normalized spacial score (nSPS) is 12.6. The van der Waals surface area contributed by atoms with Gasteiger partial charge in [0.15, 0.2) is 0 Å². The topological polar surface area (TPSA) is 42.0 Å². The summed E-state index contributed by atoms with van der Waals surface area (Å²) in [7, 11) is 0. The van der Waals surface area contributed by atoms with Crippen LogP contribution < -0.4 is 5.32 Å². The Balaban J connectivity index is 2.65. The zero-order valence-electron chi connectivity index (χ0n) is 9.12. The summed E-state index contributed by atoms with van der Waals surface area (Å²) in [5, 5.41) is 2.81. The predicted octanol–water partition coefficient (Wildman–Crippen LogP) is 2.00. The smallest absolute Gasteiger partial charge is 0.253 e. The van der Waals surface area contributed by atoms with Crippen molar-refractivity contribution in [2.75, 3.05) is 0 Å². The number of carbonyl (C=O) groups is 1. The van der Waals surface area contributed by atoms with E-state index < -0.39 is 5.95 Å². The highest BCUT2D eigenvalue weighted by molar-refractivity contribution is 5.93. The molecule has 0 bridgehead atoms. The standard InChI is InChI=1S/C11H15FN2O/c1-7(2)8(3)14-11(15)9-4-5-10(12)13-6-9/h4-8H,1-3H3,(H,14,15). The molecule has 0 aliphatic heterocycles. The number of nitrogens with one attached hydrogen (secondary N) is 1. The van der Waals surface area contributed by atoms with Gasteiger partial charge in [-0.2, -0.15) is 4.39 Å². The average Bonchev–Trinajstić information content (AvgIpc) is 2.18. The van der Waals surface area contributed by atoms with E-state index in [1.807, 2.05) is 20.8 Å². The van der Waals surface area contributed by atoms with E-state index in [1.54, 1.807) is 0 Å². The third-order valence-corrected chi connectivity index (χ3v) is 2.35. The van der Waals surface area contributed by atoms with Gasteiger partial charge in [-0.1, -0.05) is 13.8 Å². The fraction of sp³-hybridized carbons (Fsp3) is 0.455. The summed E-state index contributed by atoms with van der Waals surface area (Å²) in [4.78, 5) is 15.0. The minimum absolute atomic E-state index is 0.0857. The molecule has 0 aliphatic carbocycles. The van der Waals surface area contributed by atoms with Crippen molar-refractivity contribution in [1.82, 2.24) is 10.3 Å². The molecule has 1 heterocycles. The van der Waals surface area contributed by atoms with Gasteiger partial charge in [-0.3, -0.25) is 4.79 Å². The summed E-state index contributed by atoms with van der Waals surface area (Å²) in [6.07, 6.45) is 1.23. The first-order valence-corrected chi connectivity index (χ1v) is 4.93. The first-order chi connectivity index (χ1) is 7.00. The van der Waals surface area contributed by atoms with Crippen molar-refractivity contribution in [1.29, 1.82) is 0 Å². The van der Waals surface area contributed by atoms with Gasteiger partial charge in [-0.15, -0.1) is 0 Å². The van der Waals surface area contributed by atoms with Gasteiger partial charge in [0.2, 0.25) is 5.95 Å². The first kappa shape index (κ1) is 11.6. The molecule has 1 amide bonds. The van der Waals surface area contributed by atoms with Crippen LogP contribution >= 0.6 is 0 Å². The number of nitrogens with zero attached hydrogens (tertiary/aromatic N) is 1. The number of hydrogen-bond donors (Lipinski definition) is 1. The molecule has 15 heavy (non-hydrogen) atoms. The summed E-state index contributed by atoms with van der Waals surface area (Å²) in [5.41, 5.74) is 0.379. The van der Waals surface area contributed by atoms with E-state index in [0.29, 0.717) is 11.5 Å². The Kier molecular flexibility index (Phi) is 3.77. The van der Waals surface area contributed by atoms with E-state index >= 15 is 0 Å². The molecule has 0 aliphatic rings. The molecule has 1 atom stereocenters. The molecule has 1 aromatic heterocycles. The highest BCUT2D eigenvalue weighted by Crippen LogP contribution is 2.03. The second-order valence-corrected chi connectivity index (χ2v) is 3.88. The van der Waals surface area contributed by atoms with E-state index in [2.05, 4.69) is 10.3 Å². The molecule has 1 rings (SSSR count). The van der Waals surface area contributed by atoms with Crippen molar-refractivity contribution in [2.24, 2.45) is 5.92 Å². The van der Waals surface area contributed by atoms with Crippen LogP contribution in [0.5, 0.6) is 0 Å². The Morgan fingerprint density at radius 2 is 2.07 bits per heavy atom. The molecule has 0 radical (unpaired) electrons. The number of amides is 1. The Morgan fingerprint density at radius 3 is 2.53 bits per heavy atom. The maximum absolute atomic E-state index is 12.5. The van der Waals surface area contributed by atoms with Crippen LogP contribution in [0.15, 0.2) is 18.3 Å². The lowest BCUT2D eigenvalue weighted by atomic mass is 10.1. The third-order valence-electron chi connectivity index (χ3n) is 2.35. The zero-order chi connectivity index (χ0) is 11.4. The summed E-state index contributed by atoms with van der Waals surface area (Å²) in [6, 6.07) is 2.68. The van der Waals surface area contributed by atoms with Gasteiger partial charge in [0.05, 0.1) is 5.56 Å². The zero-order valence-corrected chi connectivity index (χ0v) is 9.12. The predicted molar refractivity (Wildman–Crippen MR) is 56.0 cm³/mol. The fourth-order valence-corrected chi connectivity index (χ4v) is 0.967. The minimum atomic E-state index is -0.580. The first-order valence-electron chi connectivity index (χ1n) is 4.93. The van der Waals surface area contributed by atoms with Gasteiger partial charge in [0.25, 0.3) is 5.91 Å². The molecular weight excluding hydrogens is 195 g/mol. The van der Waals surface area contributed by atoms with Gasteiger partial charge in [0, 0.05) is 12.2 Å². The number of carbonyl (C=O) groups excluding carboxylic acids is 1. The number of halogens is 1. The SMILES string of the molecule is CC(C)C(C)NC(=O)c1ccc(F)nc1. The van der Waals surface area contributed by atoms with Crippen LogP contribution in [0.2, 0.25) is 0 Å². The number of hydrogen-bond acceptors (Lipinski definition) is 2. The molecule has 4 heteroatoms. The third kappa shape index (κ3) is 3.31. The van der Waals surface area contributed by atoms with E-state index in [-0.39, 0.29) is 11.9 Å². The fourth-order valence-electron chi connectivity index (χ4n) is 0.967. The Labute approximate surface area is 88.7 Å². The summed E-state index contributed by atoms with van der Waals surface area (Å²) >= 11 is 0. The second-order valence-electron chi connectivity index (χ2n) is 3.88. The summed E-state index contributed by atoms with van der Waals surface area (Å²) < 4.78 is 12.5. The lowest BCUT2D eigenvalue weighted by Gasteiger charge is -2.17. The molecule has 1 unspecified atom stereocenters. The highest BCUT2D eigenvalue weighted by Gasteiger charge is 2.12. The van der Waals surface area contributed by atoms with Gasteiger partial charge in [0.1, 0.15) is 0 Å². The molecule has 0 saturated heterocycles. The highest BCUT2D eigenvalue weighted by atomic mass is 19.1. The molecule has 1 N–H and O–H groups in total. The van der Waals surface area contributed by atoms with Crippen LogP contribution in [-0.4, -0.2) is 16.9 Å². The van der Waals surface area contributed by atoms with Crippen molar-refractivity contribution in [3.8, 4) is 0 Å². The average molecular weight is 210 g/mol. The number of rotatable bonds is 3. The Morgan fingerprint density at radius 1 is 1.40 bits per heavy atom. The molecule has 0 fully saturated rings. The van der Waals surface area contributed by atoms with Gasteiger partial charge in [-0.05, 0) is 25.0 Å². The molecule has 0 spiro atoms. The molecular formula is C11H15FN2O. The van der Waals surface area contributed by atoms with E-state index in [9.17, 15) is 9.18 Å². The van der Waals surface area contributed by atoms with E-state index in [1.165, 1.54) is 18.3 Å². The van der Waals surface area contributed by atoms with Gasteiger partial charge < -0.3 is 5.32 Å². The molecule has 1 aromatic rings. The minimum Gasteiger partial charge on any atom is -0.349 e. The van der Waals surface area contributed by atoms with Crippen molar-refractivity contribution in [2.45, 2.75) is 26.8 Å². The van der Waals surface area contributed by atoms with Crippen LogP contribution in [0.4, 0.5) is 4.39 Å². The maximum Gasteiger partial charge on any atom is 0.253 e. The van der Waals surface area contributed by atoms with E-state index in [4.69, 9.17) is 0 Å². The van der Waals surface area contributed by atoms with Crippen LogP contribution in [0.25, 0.3) is 0 Å². The second kappa shape index (κ2) is 4.87. The van der Waals surface area contributed by atoms with Crippen molar-refractivity contribution < 1.29 is 9.18 Å². The molecule has 0 aromatic carbocycles. The molecule has 0 saturated carbocycles. The summed E-state index contributed by atoms with van der Waals surface area (Å²) in [5.74, 6) is -0.436. The Bertz CT molecular complexity index is 335. The van der Waals surface area contributed by atoms with Gasteiger partial charge in [-0.25, -0.2) is 4.98 Å². The van der Waals surface area contributed by atoms with Crippen LogP contribution in [0.3, 0.4) is 0 Å². The van der Waals surface area contributed by atoms with Crippen molar-refractivity contribution >= 4 is 5.91 Å². The lowest BCUT2D eigenvalue weighted by molar-refractivity contribution is 0.0930. The molecule has 82 valence electrons. The van der Waals surface area contributed by atoms with E-state index in [0.717, 1.165) is 0 Å². The summed E-state index contributed by atoms with van der Waals surface area (Å²) in [6.45, 7) is 5.97. The quantitative estimate of drug-likeness (QED) is 0.775. The monoisotopic (exact) mass is 210 g/mol. The van der Waals surface area contributed by atoms with Crippen LogP contribution in [0.1, 0.15) is 31.1 Å². The maximum atomic E-state index is 12.5. The van der Waals surface area contributed by atoms with Gasteiger partial charge >= 0.3 is 0 Å².